The molecule has 79 heavy (non-hydrogen) atoms. The highest BCUT2D eigenvalue weighted by atomic mass is 16.7. The lowest BCUT2D eigenvalue weighted by molar-refractivity contribution is -0.340. The number of amides is 2. The Morgan fingerprint density at radius 3 is 2.03 bits per heavy atom. The molecule has 1 saturated heterocycles. The monoisotopic (exact) mass is 1090 g/mol. The summed E-state index contributed by atoms with van der Waals surface area (Å²) in [5.74, 6) is -9.10. The number of anilines is 1. The topological polar surface area (TPSA) is 306 Å². The van der Waals surface area contributed by atoms with Gasteiger partial charge in [0.2, 0.25) is 12.0 Å². The summed E-state index contributed by atoms with van der Waals surface area (Å²) in [6, 6.07) is 27.4. The third kappa shape index (κ3) is 12.1. The molecule has 3 aliphatic carbocycles. The van der Waals surface area contributed by atoms with Crippen LogP contribution in [0.25, 0.3) is 0 Å². The summed E-state index contributed by atoms with van der Waals surface area (Å²) in [7, 11) is 0. The van der Waals surface area contributed by atoms with Gasteiger partial charge < -0.3 is 63.9 Å². The van der Waals surface area contributed by atoms with Crippen LogP contribution >= 0.6 is 0 Å². The second kappa shape index (κ2) is 23.8. The number of carbonyl (C=O) groups excluding carboxylic acids is 9. The van der Waals surface area contributed by atoms with Gasteiger partial charge in [0.25, 0.3) is 5.91 Å². The zero-order chi connectivity index (χ0) is 56.8. The fraction of sp³-hybridized carbons (Fsp3) is 0.397. The molecule has 11 atom stereocenters. The second-order valence-corrected chi connectivity index (χ2v) is 20.3. The van der Waals surface area contributed by atoms with Gasteiger partial charge in [-0.3, -0.25) is 24.0 Å². The van der Waals surface area contributed by atoms with Crippen molar-refractivity contribution in [3.63, 3.8) is 0 Å². The first-order chi connectivity index (χ1) is 37.6. The molecule has 4 N–H and O–H groups in total. The number of aliphatic hydroxyl groups is 2. The first-order valence-electron chi connectivity index (χ1n) is 25.6. The number of aliphatic hydroxyl groups excluding tert-OH is 1. The van der Waals surface area contributed by atoms with Gasteiger partial charge in [-0.25, -0.2) is 14.4 Å². The molecule has 3 fully saturated rings. The van der Waals surface area contributed by atoms with Crippen molar-refractivity contribution in [3.8, 4) is 0 Å². The molecule has 2 amide bonds. The van der Waals surface area contributed by atoms with E-state index in [-0.39, 0.29) is 72.3 Å². The number of esters is 4. The van der Waals surface area contributed by atoms with Crippen LogP contribution in [0.15, 0.2) is 126 Å². The number of aromatic carboxylic acids is 1. The molecule has 21 nitrogen and oxygen atoms in total. The Kier molecular flexibility index (Phi) is 17.1. The van der Waals surface area contributed by atoms with Crippen molar-refractivity contribution in [1.29, 1.82) is 0 Å². The van der Waals surface area contributed by atoms with Gasteiger partial charge >= 0.3 is 30.0 Å². The van der Waals surface area contributed by atoms with E-state index in [0.717, 1.165) is 13.8 Å². The van der Waals surface area contributed by atoms with E-state index in [9.17, 15) is 48.9 Å². The highest BCUT2D eigenvalue weighted by Gasteiger charge is 2.76. The number of benzene rings is 4. The van der Waals surface area contributed by atoms with Crippen LogP contribution < -0.4 is 15.7 Å². The number of fused-ring (bicyclic) bond motifs is 5. The van der Waals surface area contributed by atoms with E-state index in [1.54, 1.807) is 66.7 Å². The number of unbranched alkanes of at least 4 members (excludes halogenated alkanes) is 1. The Balaban J connectivity index is 1.14. The maximum atomic E-state index is 15.5. The van der Waals surface area contributed by atoms with Crippen molar-refractivity contribution in [2.75, 3.05) is 18.5 Å². The van der Waals surface area contributed by atoms with Gasteiger partial charge in [-0.05, 0) is 85.4 Å². The highest BCUT2D eigenvalue weighted by molar-refractivity contribution is 5.96. The lowest BCUT2D eigenvalue weighted by Gasteiger charge is -2.65. The third-order valence-electron chi connectivity index (χ3n) is 15.1. The number of Topliss-reactive ketones (excluding diaryl/α,β-unsaturated/α-hetero) is 1. The quantitative estimate of drug-likeness (QED) is 0.0463. The Bertz CT molecular complexity index is 3010. The molecular weight excluding hydrogens is 1030 g/mol. The molecule has 1 aliphatic heterocycles. The maximum Gasteiger partial charge on any atom is 0.509 e. The van der Waals surface area contributed by atoms with E-state index in [4.69, 9.17) is 33.2 Å². The standard InChI is InChI=1S/C58H60N2O19/c1-32-40-29-57(72,50(78-53(69)38-20-12-7-13-21-38)48-56(4,49(65)46(40)75-33(2)61)42(63)28-43-58(48,31-74-43)79-34(3)62)30-41(32)76-54(70)47(45(35-16-8-5-9-17-35)60-51(66)36-18-10-6-11-19-36)77-55(71)73-27-15-14-22-44(64)59-39-25-23-37(24-26-39)52(67)68/h5-13,16-21,23-26,41-43,45-48,50,63,72H,14-15,22,27-31H2,1-4H3,(H,59,64)(H,60,66)(H,67,68)/p-1/t41-,42-,43+,45-,46+,47+,48-,50-,56+,57+,58-/m0/s1. The number of ketones is 1. The Morgan fingerprint density at radius 2 is 1.43 bits per heavy atom. The molecule has 0 radical (unpaired) electrons. The fourth-order valence-electron chi connectivity index (χ4n) is 11.1. The molecule has 416 valence electrons. The summed E-state index contributed by atoms with van der Waals surface area (Å²) >= 11 is 0. The van der Waals surface area contributed by atoms with E-state index in [2.05, 4.69) is 10.6 Å². The summed E-state index contributed by atoms with van der Waals surface area (Å²) in [6.07, 6.45) is -12.7. The van der Waals surface area contributed by atoms with Crippen LogP contribution in [0.3, 0.4) is 0 Å². The number of hydrogen-bond acceptors (Lipinski definition) is 19. The molecular formula is C58H59N2O19-. The number of ether oxygens (including phenoxy) is 7. The average Bonchev–Trinajstić information content (AvgIpc) is 3.56. The van der Waals surface area contributed by atoms with Gasteiger partial charge in [0.05, 0.1) is 42.2 Å². The molecule has 1 heterocycles. The number of carboxylic acid groups (broad SMARTS) is 1. The summed E-state index contributed by atoms with van der Waals surface area (Å²) in [6.45, 7) is 4.30. The van der Waals surface area contributed by atoms with Crippen LogP contribution in [0.4, 0.5) is 10.5 Å². The maximum absolute atomic E-state index is 15.5. The lowest BCUT2D eigenvalue weighted by Crippen LogP contribution is -2.80. The third-order valence-corrected chi connectivity index (χ3v) is 15.1. The Labute approximate surface area is 453 Å². The number of nitrogens with one attached hydrogen (secondary N) is 2. The van der Waals surface area contributed by atoms with Crippen LogP contribution in [0.5, 0.6) is 0 Å². The number of carbonyl (C=O) groups is 9. The molecule has 2 saturated carbocycles. The first-order valence-corrected chi connectivity index (χ1v) is 25.6. The largest absolute Gasteiger partial charge is 0.545 e. The molecule has 4 aromatic carbocycles. The summed E-state index contributed by atoms with van der Waals surface area (Å²) in [4.78, 5) is 123. The van der Waals surface area contributed by atoms with Crippen molar-refractivity contribution in [2.24, 2.45) is 11.3 Å². The zero-order valence-electron chi connectivity index (χ0n) is 43.6. The normalized spacial score (nSPS) is 26.5. The van der Waals surface area contributed by atoms with Crippen LogP contribution in [-0.2, 0) is 57.1 Å². The van der Waals surface area contributed by atoms with E-state index in [1.807, 2.05) is 0 Å². The molecule has 4 aromatic rings. The minimum atomic E-state index is -2.42. The fourth-order valence-corrected chi connectivity index (χ4v) is 11.1. The lowest BCUT2D eigenvalue weighted by atomic mass is 9.48. The zero-order valence-corrected chi connectivity index (χ0v) is 43.6. The van der Waals surface area contributed by atoms with E-state index in [0.29, 0.717) is 5.69 Å². The van der Waals surface area contributed by atoms with Crippen molar-refractivity contribution in [2.45, 2.75) is 120 Å². The Hall–Kier alpha value is -8.27. The average molecular weight is 1090 g/mol. The first kappa shape index (κ1) is 56.9. The minimum absolute atomic E-state index is 0.0196. The summed E-state index contributed by atoms with van der Waals surface area (Å²) in [5.41, 5.74) is -5.65. The van der Waals surface area contributed by atoms with E-state index in [1.165, 1.54) is 62.4 Å². The number of carboxylic acids is 1. The number of hydrogen-bond donors (Lipinski definition) is 4. The predicted octanol–water partition coefficient (Wildman–Crippen LogP) is 4.43. The van der Waals surface area contributed by atoms with Crippen LogP contribution in [-0.4, -0.2) is 125 Å². The van der Waals surface area contributed by atoms with Crippen molar-refractivity contribution < 1.29 is 91.6 Å². The smallest absolute Gasteiger partial charge is 0.509 e. The van der Waals surface area contributed by atoms with Crippen LogP contribution in [0, 0.1) is 11.3 Å². The molecule has 8 rings (SSSR count). The molecule has 0 aromatic heterocycles. The van der Waals surface area contributed by atoms with Gasteiger partial charge in [-0.15, -0.1) is 0 Å². The summed E-state index contributed by atoms with van der Waals surface area (Å²) < 4.78 is 41.5. The van der Waals surface area contributed by atoms with Gasteiger partial charge in [0, 0.05) is 50.8 Å². The van der Waals surface area contributed by atoms with E-state index < -0.39 is 132 Å². The molecule has 21 heteroatoms. The molecule has 2 bridgehead atoms. The SMILES string of the molecule is CC(=O)O[C@H]1C(=O)[C@@]2(C)[C@H]([C@H](OC(=O)c3ccccc3)[C@@]3(O)CC1=C(C)[C@@H](OC(=O)[C@H](OC(=O)OCCCCC(=O)Nc1ccc(C(=O)[O-])cc1)[C@@H](NC(=O)c1ccccc1)c1ccccc1)C3)[C@]1(OC(C)=O)CO[C@@H]1C[C@@H]2O. The Morgan fingerprint density at radius 1 is 0.797 bits per heavy atom. The molecule has 4 aliphatic rings. The van der Waals surface area contributed by atoms with E-state index >= 15 is 9.59 Å². The van der Waals surface area contributed by atoms with Gasteiger partial charge in [0.15, 0.2) is 17.5 Å². The number of rotatable bonds is 18. The van der Waals surface area contributed by atoms with Crippen LogP contribution in [0.2, 0.25) is 0 Å². The second-order valence-electron chi connectivity index (χ2n) is 20.3. The minimum Gasteiger partial charge on any atom is -0.545 e. The van der Waals surface area contributed by atoms with Gasteiger partial charge in [-0.1, -0.05) is 78.9 Å². The van der Waals surface area contributed by atoms with Gasteiger partial charge in [0.1, 0.15) is 30.0 Å². The molecule has 0 spiro atoms. The summed E-state index contributed by atoms with van der Waals surface area (Å²) in [5, 5.41) is 42.1. The van der Waals surface area contributed by atoms with Crippen molar-refractivity contribution in [1.82, 2.24) is 5.32 Å². The molecule has 0 unspecified atom stereocenters. The van der Waals surface area contributed by atoms with Crippen molar-refractivity contribution in [3.05, 3.63) is 149 Å². The van der Waals surface area contributed by atoms with Gasteiger partial charge in [-0.2, -0.15) is 0 Å². The predicted molar refractivity (Wildman–Crippen MR) is 272 cm³/mol. The van der Waals surface area contributed by atoms with Crippen LogP contribution in [0.1, 0.15) is 109 Å². The van der Waals surface area contributed by atoms with Crippen molar-refractivity contribution >= 4 is 59.3 Å². The highest BCUT2D eigenvalue weighted by Crippen LogP contribution is 2.61.